The summed E-state index contributed by atoms with van der Waals surface area (Å²) in [6.07, 6.45) is 3.70. The molecule has 1 unspecified atom stereocenters. The summed E-state index contributed by atoms with van der Waals surface area (Å²) < 4.78 is 51.6. The van der Waals surface area contributed by atoms with Crippen LogP contribution in [0.15, 0.2) is 71.9 Å². The van der Waals surface area contributed by atoms with E-state index in [1.54, 1.807) is 23.4 Å². The number of carbonyl (C=O) groups excluding carboxylic acids is 2. The molecule has 0 fully saturated rings. The van der Waals surface area contributed by atoms with E-state index < -0.39 is 42.0 Å². The van der Waals surface area contributed by atoms with Crippen molar-refractivity contribution in [3.05, 3.63) is 78.1 Å². The Labute approximate surface area is 297 Å². The maximum absolute atomic E-state index is 13.7. The number of benzene rings is 2. The number of aromatic nitrogens is 1. The summed E-state index contributed by atoms with van der Waals surface area (Å²) in [6.45, 7) is 16.7. The zero-order valence-corrected chi connectivity index (χ0v) is 32.4. The maximum atomic E-state index is 13.7. The second kappa shape index (κ2) is 15.6. The van der Waals surface area contributed by atoms with Gasteiger partial charge in [-0.05, 0) is 104 Å². The quantitative estimate of drug-likeness (QED) is 0.198. The fourth-order valence-electron chi connectivity index (χ4n) is 5.27. The van der Waals surface area contributed by atoms with Gasteiger partial charge in [0.15, 0.2) is 8.32 Å². The molecule has 1 N–H and O–H groups in total. The molecular weight excluding hydrogens is 675 g/mol. The molecule has 50 heavy (non-hydrogen) atoms. The van der Waals surface area contributed by atoms with Crippen LogP contribution in [0.4, 0.5) is 4.79 Å². The Morgan fingerprint density at radius 1 is 1.04 bits per heavy atom. The van der Waals surface area contributed by atoms with Crippen LogP contribution in [-0.2, 0) is 35.1 Å². The van der Waals surface area contributed by atoms with Crippen LogP contribution >= 0.6 is 0 Å². The van der Waals surface area contributed by atoms with Crippen molar-refractivity contribution in [1.29, 1.82) is 0 Å². The molecule has 11 nitrogen and oxygen atoms in total. The molecule has 0 spiro atoms. The van der Waals surface area contributed by atoms with Gasteiger partial charge >= 0.3 is 6.09 Å². The standard InChI is InChI=1S/C37H51N3O8SSi/c1-36(2,3)47-35(42)40(24-33(29-13-11-19-38-22-29)48-50(8,9)37(4,5)6)23-30-17-15-28-20-27(16-18-32(28)46-30)26-12-10-14-31(21-26)49(43,44)39-34(41)25-45-7/h10-14,16,18-22,30,33H,15,17,23-25H2,1-9H3,(H,39,41)/t30-,33?/m0/s1. The minimum absolute atomic E-state index is 0.0298. The third kappa shape index (κ3) is 10.4. The molecule has 13 heteroatoms. The number of hydrogen-bond acceptors (Lipinski definition) is 9. The van der Waals surface area contributed by atoms with E-state index in [-0.39, 0.29) is 29.2 Å². The third-order valence-electron chi connectivity index (χ3n) is 8.85. The van der Waals surface area contributed by atoms with Gasteiger partial charge in [-0.3, -0.25) is 9.78 Å². The van der Waals surface area contributed by atoms with E-state index >= 15 is 0 Å². The smallest absolute Gasteiger partial charge is 0.410 e. The lowest BCUT2D eigenvalue weighted by molar-refractivity contribution is -0.122. The maximum Gasteiger partial charge on any atom is 0.410 e. The number of rotatable bonds is 12. The third-order valence-corrected chi connectivity index (χ3v) is 14.7. The van der Waals surface area contributed by atoms with Gasteiger partial charge in [-0.15, -0.1) is 0 Å². The normalized spacial score (nSPS) is 15.7. The number of methoxy groups -OCH3 is 1. The summed E-state index contributed by atoms with van der Waals surface area (Å²) in [4.78, 5) is 31.6. The molecule has 2 atom stereocenters. The van der Waals surface area contributed by atoms with Gasteiger partial charge in [-0.2, -0.15) is 0 Å². The topological polar surface area (TPSA) is 133 Å². The van der Waals surface area contributed by atoms with E-state index in [0.29, 0.717) is 30.7 Å². The van der Waals surface area contributed by atoms with E-state index in [9.17, 15) is 18.0 Å². The Kier molecular flexibility index (Phi) is 12.2. The Morgan fingerprint density at radius 3 is 2.40 bits per heavy atom. The summed E-state index contributed by atoms with van der Waals surface area (Å²) in [7, 11) is -5.00. The van der Waals surface area contributed by atoms with Crippen LogP contribution in [-0.4, -0.2) is 77.1 Å². The highest BCUT2D eigenvalue weighted by Crippen LogP contribution is 2.40. The highest BCUT2D eigenvalue weighted by molar-refractivity contribution is 7.90. The van der Waals surface area contributed by atoms with E-state index in [2.05, 4.69) is 38.8 Å². The molecule has 2 aromatic carbocycles. The first-order valence-corrected chi connectivity index (χ1v) is 21.2. The lowest BCUT2D eigenvalue weighted by Crippen LogP contribution is -2.48. The molecule has 1 aromatic heterocycles. The Bertz CT molecular complexity index is 1750. The average Bonchev–Trinajstić information content (AvgIpc) is 3.02. The number of nitrogens with zero attached hydrogens (tertiary/aromatic N) is 2. The SMILES string of the molecule is COCC(=O)NS(=O)(=O)c1cccc(-c2ccc3c(c2)CC[C@@H](CN(CC(O[Si](C)(C)C(C)(C)C)c2cccnc2)C(=O)OC(C)(C)C)O3)c1. The molecule has 4 rings (SSSR count). The van der Waals surface area contributed by atoms with Crippen LogP contribution in [0.1, 0.15) is 65.2 Å². The number of carbonyl (C=O) groups is 2. The fourth-order valence-corrected chi connectivity index (χ4v) is 7.56. The van der Waals surface area contributed by atoms with E-state index in [1.807, 2.05) is 61.9 Å². The van der Waals surface area contributed by atoms with Crippen LogP contribution in [0.25, 0.3) is 11.1 Å². The summed E-state index contributed by atoms with van der Waals surface area (Å²) in [5.41, 5.74) is 2.66. The van der Waals surface area contributed by atoms with Crippen molar-refractivity contribution in [2.75, 3.05) is 26.8 Å². The Hall–Kier alpha value is -3.78. The number of aryl methyl sites for hydroxylation is 1. The monoisotopic (exact) mass is 725 g/mol. The first-order valence-electron chi connectivity index (χ1n) is 16.8. The second-order valence-electron chi connectivity index (χ2n) is 15.1. The number of ether oxygens (including phenoxy) is 3. The minimum Gasteiger partial charge on any atom is -0.488 e. The van der Waals surface area contributed by atoms with Gasteiger partial charge in [0.1, 0.15) is 24.1 Å². The van der Waals surface area contributed by atoms with Gasteiger partial charge in [0.25, 0.3) is 15.9 Å². The number of amides is 2. The summed E-state index contributed by atoms with van der Waals surface area (Å²) in [5, 5.41) is -0.0468. The highest BCUT2D eigenvalue weighted by Gasteiger charge is 2.41. The number of sulfonamides is 1. The first kappa shape index (κ1) is 39.0. The van der Waals surface area contributed by atoms with Crippen LogP contribution < -0.4 is 9.46 Å². The van der Waals surface area contributed by atoms with Gasteiger partial charge in [-0.1, -0.05) is 45.0 Å². The van der Waals surface area contributed by atoms with Crippen molar-refractivity contribution in [3.63, 3.8) is 0 Å². The molecule has 0 radical (unpaired) electrons. The zero-order valence-electron chi connectivity index (χ0n) is 30.6. The largest absolute Gasteiger partial charge is 0.488 e. The molecule has 3 aromatic rings. The summed E-state index contributed by atoms with van der Waals surface area (Å²) >= 11 is 0. The molecular formula is C37H51N3O8SSi. The highest BCUT2D eigenvalue weighted by atomic mass is 32.2. The van der Waals surface area contributed by atoms with Gasteiger partial charge in [0.05, 0.1) is 24.1 Å². The minimum atomic E-state index is -4.07. The number of pyridine rings is 1. The number of hydrogen-bond donors (Lipinski definition) is 1. The lowest BCUT2D eigenvalue weighted by atomic mass is 9.97. The van der Waals surface area contributed by atoms with E-state index in [4.69, 9.17) is 18.6 Å². The predicted molar refractivity (Wildman–Crippen MR) is 195 cm³/mol. The van der Waals surface area contributed by atoms with Crippen molar-refractivity contribution in [3.8, 4) is 16.9 Å². The lowest BCUT2D eigenvalue weighted by Gasteiger charge is -2.41. The van der Waals surface area contributed by atoms with Crippen LogP contribution in [0, 0.1) is 0 Å². The van der Waals surface area contributed by atoms with E-state index in [1.165, 1.54) is 19.2 Å². The molecule has 1 aliphatic heterocycles. The summed E-state index contributed by atoms with van der Waals surface area (Å²) in [6, 6.07) is 16.0. The number of fused-ring (bicyclic) bond motifs is 1. The molecule has 0 aliphatic carbocycles. The van der Waals surface area contributed by atoms with Gasteiger partial charge in [-0.25, -0.2) is 17.9 Å². The van der Waals surface area contributed by atoms with Crippen LogP contribution in [0.3, 0.4) is 0 Å². The van der Waals surface area contributed by atoms with Crippen molar-refractivity contribution >= 4 is 30.3 Å². The Morgan fingerprint density at radius 2 is 1.76 bits per heavy atom. The molecule has 0 bridgehead atoms. The molecule has 2 amide bonds. The second-order valence-corrected chi connectivity index (χ2v) is 21.6. The Balaban J connectivity index is 1.56. The van der Waals surface area contributed by atoms with Gasteiger partial charge < -0.3 is 23.5 Å². The molecule has 0 saturated heterocycles. The van der Waals surface area contributed by atoms with Crippen molar-refractivity contribution in [1.82, 2.24) is 14.6 Å². The molecule has 0 saturated carbocycles. The van der Waals surface area contributed by atoms with Crippen molar-refractivity contribution in [2.24, 2.45) is 0 Å². The van der Waals surface area contributed by atoms with Crippen molar-refractivity contribution < 1.29 is 36.6 Å². The molecule has 272 valence electrons. The number of nitrogens with one attached hydrogen (secondary N) is 1. The zero-order chi connectivity index (χ0) is 36.9. The molecule has 2 heterocycles. The average molecular weight is 726 g/mol. The van der Waals surface area contributed by atoms with E-state index in [0.717, 1.165) is 16.7 Å². The summed E-state index contributed by atoms with van der Waals surface area (Å²) in [5.74, 6) is -0.0505. The van der Waals surface area contributed by atoms with Gasteiger partial charge in [0.2, 0.25) is 0 Å². The first-order chi connectivity index (χ1) is 23.3. The van der Waals surface area contributed by atoms with Crippen molar-refractivity contribution in [2.45, 2.75) is 95.2 Å². The molecule has 1 aliphatic rings. The van der Waals surface area contributed by atoms with Crippen LogP contribution in [0.2, 0.25) is 18.1 Å². The van der Waals surface area contributed by atoms with Gasteiger partial charge in [0, 0.05) is 19.5 Å². The predicted octanol–water partition coefficient (Wildman–Crippen LogP) is 6.89. The fraction of sp³-hybridized carbons (Fsp3) is 0.486. The van der Waals surface area contributed by atoms with Crippen LogP contribution in [0.5, 0.6) is 5.75 Å².